The average molecular weight is 319 g/mol. The van der Waals surface area contributed by atoms with Crippen molar-refractivity contribution in [3.63, 3.8) is 0 Å². The number of aromatic amines is 1. The number of nitrogens with one attached hydrogen (secondary N) is 1. The number of halogens is 2. The number of amides is 1. The fourth-order valence-corrected chi connectivity index (χ4v) is 3.02. The van der Waals surface area contributed by atoms with Gasteiger partial charge in [0.1, 0.15) is 5.25 Å². The van der Waals surface area contributed by atoms with Crippen molar-refractivity contribution in [2.45, 2.75) is 10.4 Å². The number of nitrogens with zero attached hydrogens (tertiary/aromatic N) is 1. The third-order valence-electron chi connectivity index (χ3n) is 3.09. The van der Waals surface area contributed by atoms with Gasteiger partial charge in [0.25, 0.3) is 0 Å². The van der Waals surface area contributed by atoms with Gasteiger partial charge in [-0.3, -0.25) is 4.79 Å². The first-order valence-electron chi connectivity index (χ1n) is 6.40. The molecule has 1 heterocycles. The fourth-order valence-electron chi connectivity index (χ4n) is 2.07. The first-order valence-corrected chi connectivity index (χ1v) is 7.28. The second kappa shape index (κ2) is 5.76. The zero-order valence-corrected chi connectivity index (χ0v) is 12.0. The molecule has 3 rings (SSSR count). The molecule has 1 aromatic heterocycles. The van der Waals surface area contributed by atoms with Gasteiger partial charge in [0.15, 0.2) is 16.8 Å². The van der Waals surface area contributed by atoms with Gasteiger partial charge >= 0.3 is 0 Å². The number of carbonyl (C=O) groups is 1. The van der Waals surface area contributed by atoms with Gasteiger partial charge in [0.05, 0.1) is 11.0 Å². The number of rotatable bonds is 4. The lowest BCUT2D eigenvalue weighted by Gasteiger charge is -2.11. The van der Waals surface area contributed by atoms with Crippen LogP contribution in [0, 0.1) is 11.6 Å². The zero-order valence-electron chi connectivity index (χ0n) is 11.2. The minimum atomic E-state index is -0.968. The Labute approximate surface area is 128 Å². The lowest BCUT2D eigenvalue weighted by atomic mass is 10.1. The number of hydrogen-bond donors (Lipinski definition) is 2. The number of hydrogen-bond acceptors (Lipinski definition) is 3. The summed E-state index contributed by atoms with van der Waals surface area (Å²) in [4.78, 5) is 18.7. The van der Waals surface area contributed by atoms with Crippen LogP contribution >= 0.6 is 11.8 Å². The molecule has 3 N–H and O–H groups in total. The summed E-state index contributed by atoms with van der Waals surface area (Å²) in [5.41, 5.74) is 6.82. The van der Waals surface area contributed by atoms with Crippen LogP contribution < -0.4 is 5.73 Å². The Morgan fingerprint density at radius 2 is 1.86 bits per heavy atom. The van der Waals surface area contributed by atoms with Crippen molar-refractivity contribution in [2.75, 3.05) is 0 Å². The Morgan fingerprint density at radius 3 is 2.55 bits per heavy atom. The molecule has 3 aromatic rings. The SMILES string of the molecule is NC(=O)C(Sc1nc2cc(F)c(F)cc2[nH]1)c1ccccc1. The molecule has 22 heavy (non-hydrogen) atoms. The molecule has 0 fully saturated rings. The van der Waals surface area contributed by atoms with Gasteiger partial charge in [-0.25, -0.2) is 13.8 Å². The third-order valence-corrected chi connectivity index (χ3v) is 4.25. The standard InChI is InChI=1S/C15H11F2N3OS/c16-9-6-11-12(7-10(9)17)20-15(19-11)22-13(14(18)21)8-4-2-1-3-5-8/h1-7,13H,(H2,18,21)(H,19,20). The van der Waals surface area contributed by atoms with Crippen LogP contribution in [-0.2, 0) is 4.79 Å². The van der Waals surface area contributed by atoms with Gasteiger partial charge in [0.2, 0.25) is 5.91 Å². The lowest BCUT2D eigenvalue weighted by molar-refractivity contribution is -0.117. The molecular formula is C15H11F2N3OS. The maximum absolute atomic E-state index is 13.2. The first kappa shape index (κ1) is 14.5. The topological polar surface area (TPSA) is 71.8 Å². The molecule has 2 aromatic carbocycles. The zero-order chi connectivity index (χ0) is 15.7. The lowest BCUT2D eigenvalue weighted by Crippen LogP contribution is -2.19. The van der Waals surface area contributed by atoms with E-state index in [1.807, 2.05) is 6.07 Å². The molecule has 0 bridgehead atoms. The summed E-state index contributed by atoms with van der Waals surface area (Å²) in [6, 6.07) is 11.0. The second-order valence-electron chi connectivity index (χ2n) is 4.64. The summed E-state index contributed by atoms with van der Waals surface area (Å²) >= 11 is 1.10. The van der Waals surface area contributed by atoms with E-state index in [1.165, 1.54) is 0 Å². The Hall–Kier alpha value is -2.41. The van der Waals surface area contributed by atoms with Crippen molar-refractivity contribution < 1.29 is 13.6 Å². The highest BCUT2D eigenvalue weighted by Gasteiger charge is 2.21. The molecule has 0 aliphatic carbocycles. The summed E-state index contributed by atoms with van der Waals surface area (Å²) < 4.78 is 26.4. The van der Waals surface area contributed by atoms with Crippen LogP contribution in [0.2, 0.25) is 0 Å². The molecule has 1 unspecified atom stereocenters. The monoisotopic (exact) mass is 319 g/mol. The Kier molecular flexibility index (Phi) is 3.81. The van der Waals surface area contributed by atoms with Gasteiger partial charge in [-0.1, -0.05) is 42.1 Å². The molecule has 1 amide bonds. The highest BCUT2D eigenvalue weighted by molar-refractivity contribution is 8.00. The summed E-state index contributed by atoms with van der Waals surface area (Å²) in [7, 11) is 0. The molecule has 0 saturated heterocycles. The Bertz CT molecular complexity index is 796. The minimum Gasteiger partial charge on any atom is -0.368 e. The number of primary amides is 1. The third kappa shape index (κ3) is 2.80. The van der Waals surface area contributed by atoms with E-state index >= 15 is 0 Å². The molecule has 1 atom stereocenters. The number of benzene rings is 2. The van der Waals surface area contributed by atoms with E-state index in [0.717, 1.165) is 29.5 Å². The molecule has 0 spiro atoms. The van der Waals surface area contributed by atoms with Crippen LogP contribution in [0.4, 0.5) is 8.78 Å². The smallest absolute Gasteiger partial charge is 0.235 e. The van der Waals surface area contributed by atoms with E-state index < -0.39 is 22.8 Å². The summed E-state index contributed by atoms with van der Waals surface area (Å²) in [5.74, 6) is -2.44. The van der Waals surface area contributed by atoms with Crippen LogP contribution in [0.25, 0.3) is 11.0 Å². The number of carbonyl (C=O) groups excluding carboxylic acids is 1. The van der Waals surface area contributed by atoms with E-state index in [9.17, 15) is 13.6 Å². The number of fused-ring (bicyclic) bond motifs is 1. The Balaban J connectivity index is 1.95. The highest BCUT2D eigenvalue weighted by atomic mass is 32.2. The predicted octanol–water partition coefficient (Wildman–Crippen LogP) is 3.16. The van der Waals surface area contributed by atoms with Crippen molar-refractivity contribution in [1.29, 1.82) is 0 Å². The van der Waals surface area contributed by atoms with Gasteiger partial charge in [0, 0.05) is 12.1 Å². The first-order chi connectivity index (χ1) is 10.5. The van der Waals surface area contributed by atoms with Gasteiger partial charge in [-0.05, 0) is 5.56 Å². The largest absolute Gasteiger partial charge is 0.368 e. The van der Waals surface area contributed by atoms with Gasteiger partial charge in [-0.15, -0.1) is 0 Å². The van der Waals surface area contributed by atoms with E-state index in [-0.39, 0.29) is 5.52 Å². The van der Waals surface area contributed by atoms with E-state index in [4.69, 9.17) is 5.73 Å². The molecule has 0 aliphatic rings. The van der Waals surface area contributed by atoms with Crippen molar-refractivity contribution in [3.8, 4) is 0 Å². The summed E-state index contributed by atoms with van der Waals surface area (Å²) in [6.07, 6.45) is 0. The van der Waals surface area contributed by atoms with Gasteiger partial charge < -0.3 is 10.7 Å². The summed E-state index contributed by atoms with van der Waals surface area (Å²) in [6.45, 7) is 0. The molecular weight excluding hydrogens is 308 g/mol. The summed E-state index contributed by atoms with van der Waals surface area (Å²) in [5, 5.41) is -0.274. The number of nitrogens with two attached hydrogens (primary N) is 1. The maximum Gasteiger partial charge on any atom is 0.235 e. The van der Waals surface area contributed by atoms with Crippen LogP contribution in [0.3, 0.4) is 0 Å². The van der Waals surface area contributed by atoms with Crippen molar-refractivity contribution >= 4 is 28.7 Å². The average Bonchev–Trinajstić information content (AvgIpc) is 2.87. The highest BCUT2D eigenvalue weighted by Crippen LogP contribution is 2.34. The maximum atomic E-state index is 13.2. The number of H-pyrrole nitrogens is 1. The number of aromatic nitrogens is 2. The van der Waals surface area contributed by atoms with Crippen LogP contribution in [0.15, 0.2) is 47.6 Å². The number of imidazole rings is 1. The van der Waals surface area contributed by atoms with Crippen LogP contribution in [-0.4, -0.2) is 15.9 Å². The second-order valence-corrected chi connectivity index (χ2v) is 5.73. The minimum absolute atomic E-state index is 0.290. The molecule has 0 saturated carbocycles. The Morgan fingerprint density at radius 1 is 1.18 bits per heavy atom. The quantitative estimate of drug-likeness (QED) is 0.726. The fraction of sp³-hybridized carbons (Fsp3) is 0.0667. The molecule has 0 radical (unpaired) electrons. The van der Waals surface area contributed by atoms with Crippen LogP contribution in [0.5, 0.6) is 0 Å². The van der Waals surface area contributed by atoms with E-state index in [1.54, 1.807) is 24.3 Å². The van der Waals surface area contributed by atoms with Crippen LogP contribution in [0.1, 0.15) is 10.8 Å². The van der Waals surface area contributed by atoms with Crippen molar-refractivity contribution in [1.82, 2.24) is 9.97 Å². The molecule has 112 valence electrons. The van der Waals surface area contributed by atoms with Crippen molar-refractivity contribution in [2.24, 2.45) is 5.73 Å². The number of thioether (sulfide) groups is 1. The van der Waals surface area contributed by atoms with Crippen molar-refractivity contribution in [3.05, 3.63) is 59.7 Å². The molecule has 7 heteroatoms. The normalized spacial score (nSPS) is 12.5. The van der Waals surface area contributed by atoms with Gasteiger partial charge in [-0.2, -0.15) is 0 Å². The predicted molar refractivity (Wildman–Crippen MR) is 80.2 cm³/mol. The van der Waals surface area contributed by atoms with E-state index in [0.29, 0.717) is 10.7 Å². The molecule has 0 aliphatic heterocycles. The molecule has 4 nitrogen and oxygen atoms in total. The van der Waals surface area contributed by atoms with E-state index in [2.05, 4.69) is 9.97 Å².